The molecule has 0 atom stereocenters. The van der Waals surface area contributed by atoms with Gasteiger partial charge >= 0.3 is 0 Å². The van der Waals surface area contributed by atoms with Crippen molar-refractivity contribution >= 4 is 45.0 Å². The van der Waals surface area contributed by atoms with Crippen LogP contribution in [0.2, 0.25) is 5.02 Å². The molecule has 3 aromatic carbocycles. The summed E-state index contributed by atoms with van der Waals surface area (Å²) in [5, 5.41) is 5.16. The van der Waals surface area contributed by atoms with Gasteiger partial charge in [-0.15, -0.1) is 0 Å². The molecule has 40 heavy (non-hydrogen) atoms. The predicted octanol–water partition coefficient (Wildman–Crippen LogP) is 4.79. The number of rotatable bonds is 5. The van der Waals surface area contributed by atoms with E-state index in [-0.39, 0.29) is 18.0 Å². The van der Waals surface area contributed by atoms with Crippen molar-refractivity contribution in [1.82, 2.24) is 19.1 Å². The highest BCUT2D eigenvalue weighted by atomic mass is 79.9. The molecule has 0 unspecified atom stereocenters. The van der Waals surface area contributed by atoms with Gasteiger partial charge in [0.05, 0.1) is 29.1 Å². The summed E-state index contributed by atoms with van der Waals surface area (Å²) in [6.07, 6.45) is 2.70. The van der Waals surface area contributed by atoms with Gasteiger partial charge < -0.3 is 10.6 Å². The minimum atomic E-state index is -0.541. The number of halogens is 2. The molecule has 0 bridgehead atoms. The molecular formula is C30H23BrClN5O3. The van der Waals surface area contributed by atoms with Crippen LogP contribution in [-0.2, 0) is 19.4 Å². The Morgan fingerprint density at radius 2 is 1.73 bits per heavy atom. The first kappa shape index (κ1) is 26.0. The number of nitrogens with zero attached hydrogens (tertiary/aromatic N) is 4. The maximum atomic E-state index is 14.1. The summed E-state index contributed by atoms with van der Waals surface area (Å²) < 4.78 is 4.12. The molecule has 10 heteroatoms. The van der Waals surface area contributed by atoms with E-state index < -0.39 is 5.91 Å². The van der Waals surface area contributed by atoms with Crippen molar-refractivity contribution in [1.29, 1.82) is 0 Å². The van der Waals surface area contributed by atoms with Crippen LogP contribution in [0, 0.1) is 0 Å². The van der Waals surface area contributed by atoms with E-state index in [0.717, 1.165) is 11.1 Å². The van der Waals surface area contributed by atoms with Gasteiger partial charge in [-0.1, -0.05) is 41.9 Å². The highest BCUT2D eigenvalue weighted by Gasteiger charge is 2.29. The number of amides is 2. The minimum absolute atomic E-state index is 0.170. The summed E-state index contributed by atoms with van der Waals surface area (Å²) in [6, 6.07) is 21.7. The van der Waals surface area contributed by atoms with E-state index in [4.69, 9.17) is 22.4 Å². The Bertz CT molecular complexity index is 1850. The quantitative estimate of drug-likeness (QED) is 0.307. The van der Waals surface area contributed by atoms with Crippen LogP contribution in [0.4, 0.5) is 0 Å². The molecule has 200 valence electrons. The van der Waals surface area contributed by atoms with Crippen LogP contribution in [0.5, 0.6) is 0 Å². The number of nitrogens with two attached hydrogens (primary N) is 1. The van der Waals surface area contributed by atoms with Gasteiger partial charge in [0.2, 0.25) is 5.91 Å². The van der Waals surface area contributed by atoms with Crippen LogP contribution in [-0.4, -0.2) is 37.4 Å². The zero-order chi connectivity index (χ0) is 28.0. The summed E-state index contributed by atoms with van der Waals surface area (Å²) in [5.41, 5.74) is 10.5. The Labute approximate surface area is 242 Å². The smallest absolute Gasteiger partial charge is 0.261 e. The van der Waals surface area contributed by atoms with Gasteiger partial charge in [-0.3, -0.25) is 19.0 Å². The second-order valence-corrected chi connectivity index (χ2v) is 10.9. The van der Waals surface area contributed by atoms with Gasteiger partial charge in [-0.05, 0) is 70.4 Å². The predicted molar refractivity (Wildman–Crippen MR) is 156 cm³/mol. The van der Waals surface area contributed by atoms with Crippen molar-refractivity contribution in [2.45, 2.75) is 19.4 Å². The van der Waals surface area contributed by atoms with Gasteiger partial charge in [-0.2, -0.15) is 5.10 Å². The first-order valence-corrected chi connectivity index (χ1v) is 13.8. The number of hydrogen-bond acceptors (Lipinski definition) is 4. The summed E-state index contributed by atoms with van der Waals surface area (Å²) in [6.45, 7) is 0.598. The molecular weight excluding hydrogens is 594 g/mol. The van der Waals surface area contributed by atoms with E-state index in [0.29, 0.717) is 62.6 Å². The molecule has 8 nitrogen and oxygen atoms in total. The van der Waals surface area contributed by atoms with E-state index >= 15 is 0 Å². The van der Waals surface area contributed by atoms with E-state index in [2.05, 4.69) is 15.9 Å². The molecule has 0 radical (unpaired) electrons. The average molecular weight is 617 g/mol. The second-order valence-electron chi connectivity index (χ2n) is 9.65. The third-order valence-corrected chi connectivity index (χ3v) is 8.40. The van der Waals surface area contributed by atoms with Crippen LogP contribution in [0.15, 0.2) is 88.3 Å². The van der Waals surface area contributed by atoms with Crippen LogP contribution in [0.1, 0.15) is 43.1 Å². The molecule has 5 aromatic rings. The van der Waals surface area contributed by atoms with Gasteiger partial charge in [0.15, 0.2) is 0 Å². The third-order valence-electron chi connectivity index (χ3n) is 7.17. The third kappa shape index (κ3) is 4.61. The Morgan fingerprint density at radius 3 is 2.42 bits per heavy atom. The lowest BCUT2D eigenvalue weighted by Crippen LogP contribution is -2.41. The minimum Gasteiger partial charge on any atom is -0.366 e. The van der Waals surface area contributed by atoms with Crippen LogP contribution in [0.3, 0.4) is 0 Å². The fraction of sp³-hybridized carbons (Fsp3) is 0.133. The number of hydrogen-bond donors (Lipinski definition) is 1. The number of carbonyl (C=O) groups excluding carboxylic acids is 2. The molecule has 6 rings (SSSR count). The molecule has 0 saturated carbocycles. The zero-order valence-electron chi connectivity index (χ0n) is 21.2. The largest absolute Gasteiger partial charge is 0.366 e. The highest BCUT2D eigenvalue weighted by Crippen LogP contribution is 2.27. The summed E-state index contributed by atoms with van der Waals surface area (Å²) in [4.78, 5) is 40.9. The number of benzene rings is 3. The standard InChI is InChI=1S/C30H23BrClN5O3/c31-24-11-8-20(15-25(24)32)29(39)35-13-12-23-26(17-35)37-28(21(16-34-37)14-18-4-2-1-3-5-18)36(30(23)40)22-9-6-19(7-10-22)27(33)38/h1-11,15-16H,12-14,17H2,(H2,33,38). The van der Waals surface area contributed by atoms with Gasteiger partial charge in [0.1, 0.15) is 5.65 Å². The van der Waals surface area contributed by atoms with Crippen molar-refractivity contribution in [2.75, 3.05) is 6.54 Å². The van der Waals surface area contributed by atoms with Crippen molar-refractivity contribution in [3.8, 4) is 5.69 Å². The molecule has 0 fully saturated rings. The molecule has 2 aromatic heterocycles. The van der Waals surface area contributed by atoms with E-state index in [9.17, 15) is 14.4 Å². The summed E-state index contributed by atoms with van der Waals surface area (Å²) in [7, 11) is 0. The van der Waals surface area contributed by atoms with Crippen LogP contribution < -0.4 is 11.3 Å². The van der Waals surface area contributed by atoms with Crippen molar-refractivity contribution < 1.29 is 9.59 Å². The Kier molecular flexibility index (Phi) is 6.77. The number of primary amides is 1. The average Bonchev–Trinajstić information content (AvgIpc) is 3.38. The normalized spacial score (nSPS) is 12.9. The fourth-order valence-electron chi connectivity index (χ4n) is 5.15. The lowest BCUT2D eigenvalue weighted by atomic mass is 10.0. The lowest BCUT2D eigenvalue weighted by molar-refractivity contribution is 0.0729. The maximum Gasteiger partial charge on any atom is 0.261 e. The zero-order valence-corrected chi connectivity index (χ0v) is 23.5. The molecule has 3 heterocycles. The molecule has 2 amide bonds. The van der Waals surface area contributed by atoms with Crippen LogP contribution in [0.25, 0.3) is 11.3 Å². The second kappa shape index (κ2) is 10.4. The molecule has 0 aliphatic carbocycles. The van der Waals surface area contributed by atoms with Crippen LogP contribution >= 0.6 is 27.5 Å². The Balaban J connectivity index is 1.49. The molecule has 1 aliphatic heterocycles. The van der Waals surface area contributed by atoms with Crippen molar-refractivity contribution in [3.05, 3.63) is 132 Å². The Hall–Kier alpha value is -4.21. The first-order chi connectivity index (χ1) is 19.3. The van der Waals surface area contributed by atoms with E-state index in [1.807, 2.05) is 30.3 Å². The number of aromatic nitrogens is 3. The van der Waals surface area contributed by atoms with Crippen molar-refractivity contribution in [2.24, 2.45) is 5.73 Å². The maximum absolute atomic E-state index is 14.1. The monoisotopic (exact) mass is 615 g/mol. The lowest BCUT2D eigenvalue weighted by Gasteiger charge is -2.30. The highest BCUT2D eigenvalue weighted by molar-refractivity contribution is 9.10. The Morgan fingerprint density at radius 1 is 1.00 bits per heavy atom. The summed E-state index contributed by atoms with van der Waals surface area (Å²) >= 11 is 9.61. The fourth-order valence-corrected chi connectivity index (χ4v) is 5.58. The topological polar surface area (TPSA) is 103 Å². The molecule has 2 N–H and O–H groups in total. The van der Waals surface area contributed by atoms with Crippen molar-refractivity contribution in [3.63, 3.8) is 0 Å². The molecule has 0 spiro atoms. The summed E-state index contributed by atoms with van der Waals surface area (Å²) in [5.74, 6) is -0.712. The van der Waals surface area contributed by atoms with Gasteiger partial charge in [0, 0.05) is 39.7 Å². The number of fused-ring (bicyclic) bond motifs is 3. The van der Waals surface area contributed by atoms with E-state index in [1.165, 1.54) is 0 Å². The van der Waals surface area contributed by atoms with Gasteiger partial charge in [0.25, 0.3) is 11.5 Å². The number of carbonyl (C=O) groups is 2. The first-order valence-electron chi connectivity index (χ1n) is 12.6. The SMILES string of the molecule is NC(=O)c1ccc(-n2c(=O)c3c(n4ncc(Cc5ccccc5)c24)CN(C(=O)c2ccc(Br)c(Cl)c2)CC3)cc1. The van der Waals surface area contributed by atoms with E-state index in [1.54, 1.807) is 62.6 Å². The molecule has 1 aliphatic rings. The van der Waals surface area contributed by atoms with Gasteiger partial charge in [-0.25, -0.2) is 4.52 Å². The molecule has 0 saturated heterocycles.